The summed E-state index contributed by atoms with van der Waals surface area (Å²) in [6, 6.07) is -1.07. The summed E-state index contributed by atoms with van der Waals surface area (Å²) >= 11 is 0. The minimum atomic E-state index is -1.11. The molecule has 2 amide bonds. The largest absolute Gasteiger partial charge is 0.466 e. The molecule has 10 nitrogen and oxygen atoms in total. The summed E-state index contributed by atoms with van der Waals surface area (Å²) in [5.74, 6) is -2.34. The SMILES string of the molecule is CC/C=C\C/C=C\C/C=C\C/C=C\C/C=C\C/C=C\CCC(=O)NCCCC[C@H](NC(=O)/C=C/C(=O)OC)C(=O)OC(CO)CO. The molecule has 0 heterocycles. The number of aliphatic hydroxyl groups excluding tert-OH is 2. The topological polar surface area (TPSA) is 151 Å². The van der Waals surface area contributed by atoms with Crippen molar-refractivity contribution >= 4 is 23.8 Å². The highest BCUT2D eigenvalue weighted by Crippen LogP contribution is 2.06. The van der Waals surface area contributed by atoms with Crippen LogP contribution in [0.4, 0.5) is 0 Å². The molecular weight excluding hydrogens is 588 g/mol. The van der Waals surface area contributed by atoms with Crippen molar-refractivity contribution in [1.29, 1.82) is 0 Å². The Labute approximate surface area is 274 Å². The summed E-state index contributed by atoms with van der Waals surface area (Å²) in [6.07, 6.45) is 34.2. The van der Waals surface area contributed by atoms with Gasteiger partial charge in [0, 0.05) is 25.1 Å². The van der Waals surface area contributed by atoms with Gasteiger partial charge in [0.2, 0.25) is 11.8 Å². The van der Waals surface area contributed by atoms with Crippen LogP contribution in [-0.2, 0) is 28.7 Å². The zero-order valence-corrected chi connectivity index (χ0v) is 27.5. The van der Waals surface area contributed by atoms with Crippen molar-refractivity contribution in [3.8, 4) is 0 Å². The highest BCUT2D eigenvalue weighted by molar-refractivity contribution is 5.96. The van der Waals surface area contributed by atoms with Crippen molar-refractivity contribution in [3.05, 3.63) is 85.1 Å². The fourth-order valence-corrected chi connectivity index (χ4v) is 3.70. The standard InChI is InChI=1S/C36H54N2O8/c1-3-4-5-6-7-8-9-10-11-12-13-14-15-16-17-18-19-20-21-25-33(41)37-28-23-22-24-32(36(44)46-31(29-39)30-40)38-34(42)26-27-35(43)45-2/h4-5,7-8,10-11,13-14,16-17,19-20,26-27,31-32,39-40H,3,6,9,12,15,18,21-25,28-30H2,1-2H3,(H,37,41)(H,38,42)/b5-4-,8-7-,11-10-,14-13-,17-16-,20-19-,27-26+/t32-/m0/s1. The molecule has 0 fully saturated rings. The molecule has 0 aliphatic carbocycles. The van der Waals surface area contributed by atoms with E-state index in [0.29, 0.717) is 32.2 Å². The van der Waals surface area contributed by atoms with E-state index in [1.54, 1.807) is 0 Å². The fourth-order valence-electron chi connectivity index (χ4n) is 3.70. The van der Waals surface area contributed by atoms with Crippen LogP contribution in [-0.4, -0.2) is 73.0 Å². The maximum Gasteiger partial charge on any atom is 0.330 e. The van der Waals surface area contributed by atoms with Crippen molar-refractivity contribution in [2.45, 2.75) is 89.7 Å². The number of hydrogen-bond donors (Lipinski definition) is 4. The Morgan fingerprint density at radius 2 is 1.24 bits per heavy atom. The average molecular weight is 643 g/mol. The van der Waals surface area contributed by atoms with E-state index in [0.717, 1.165) is 50.7 Å². The summed E-state index contributed by atoms with van der Waals surface area (Å²) in [6.45, 7) is 1.39. The first-order valence-electron chi connectivity index (χ1n) is 16.0. The zero-order valence-electron chi connectivity index (χ0n) is 27.5. The second-order valence-corrected chi connectivity index (χ2v) is 10.1. The Hall–Kier alpha value is -4.02. The first-order chi connectivity index (χ1) is 22.4. The number of nitrogens with one attached hydrogen (secondary N) is 2. The van der Waals surface area contributed by atoms with Gasteiger partial charge in [-0.3, -0.25) is 9.59 Å². The maximum absolute atomic E-state index is 12.5. The van der Waals surface area contributed by atoms with E-state index >= 15 is 0 Å². The second kappa shape index (κ2) is 31.0. The van der Waals surface area contributed by atoms with Crippen molar-refractivity contribution in [2.75, 3.05) is 26.9 Å². The minimum absolute atomic E-state index is 0.0783. The Morgan fingerprint density at radius 3 is 1.74 bits per heavy atom. The number of unbranched alkanes of at least 4 members (excludes halogenated alkanes) is 1. The van der Waals surface area contributed by atoms with E-state index in [1.165, 1.54) is 7.11 Å². The lowest BCUT2D eigenvalue weighted by atomic mass is 10.1. The number of allylic oxidation sites excluding steroid dienone is 12. The van der Waals surface area contributed by atoms with Gasteiger partial charge in [0.25, 0.3) is 0 Å². The van der Waals surface area contributed by atoms with Gasteiger partial charge in [0.05, 0.1) is 20.3 Å². The van der Waals surface area contributed by atoms with Gasteiger partial charge in [0.15, 0.2) is 0 Å². The van der Waals surface area contributed by atoms with E-state index < -0.39 is 43.2 Å². The second-order valence-electron chi connectivity index (χ2n) is 10.1. The first kappa shape index (κ1) is 42.0. The normalized spacial score (nSPS) is 13.0. The molecule has 256 valence electrons. The van der Waals surface area contributed by atoms with Gasteiger partial charge >= 0.3 is 11.9 Å². The molecule has 0 aromatic heterocycles. The molecule has 0 unspecified atom stereocenters. The molecule has 0 saturated carbocycles. The molecule has 0 radical (unpaired) electrons. The minimum Gasteiger partial charge on any atom is -0.466 e. The van der Waals surface area contributed by atoms with Gasteiger partial charge in [-0.05, 0) is 64.2 Å². The zero-order chi connectivity index (χ0) is 34.1. The predicted molar refractivity (Wildman–Crippen MR) is 181 cm³/mol. The molecule has 0 saturated heterocycles. The van der Waals surface area contributed by atoms with E-state index in [-0.39, 0.29) is 12.3 Å². The van der Waals surface area contributed by atoms with E-state index in [9.17, 15) is 19.2 Å². The number of esters is 2. The third-order valence-corrected chi connectivity index (χ3v) is 6.24. The monoisotopic (exact) mass is 642 g/mol. The molecule has 1 atom stereocenters. The summed E-state index contributed by atoms with van der Waals surface area (Å²) in [5, 5.41) is 23.6. The molecule has 0 aliphatic heterocycles. The van der Waals surface area contributed by atoms with Crippen molar-refractivity contribution in [2.24, 2.45) is 0 Å². The van der Waals surface area contributed by atoms with Crippen LogP contribution in [0.2, 0.25) is 0 Å². The van der Waals surface area contributed by atoms with Crippen LogP contribution < -0.4 is 10.6 Å². The van der Waals surface area contributed by atoms with E-state index in [4.69, 9.17) is 14.9 Å². The van der Waals surface area contributed by atoms with Crippen LogP contribution >= 0.6 is 0 Å². The van der Waals surface area contributed by atoms with Crippen molar-refractivity contribution < 1.29 is 38.9 Å². The van der Waals surface area contributed by atoms with E-state index in [2.05, 4.69) is 83.1 Å². The van der Waals surface area contributed by atoms with Crippen LogP contribution in [0.1, 0.15) is 77.6 Å². The summed E-state index contributed by atoms with van der Waals surface area (Å²) in [7, 11) is 1.17. The molecule has 0 aromatic carbocycles. The lowest BCUT2D eigenvalue weighted by Gasteiger charge is -2.20. The Bertz CT molecular complexity index is 1050. The highest BCUT2D eigenvalue weighted by Gasteiger charge is 2.24. The Kier molecular flexibility index (Phi) is 28.3. The summed E-state index contributed by atoms with van der Waals surface area (Å²) < 4.78 is 9.45. The number of aliphatic hydroxyl groups is 2. The van der Waals surface area contributed by atoms with Gasteiger partial charge in [-0.1, -0.05) is 79.8 Å². The molecule has 0 spiro atoms. The summed E-state index contributed by atoms with van der Waals surface area (Å²) in [5.41, 5.74) is 0. The maximum atomic E-state index is 12.5. The number of rotatable bonds is 26. The van der Waals surface area contributed by atoms with Gasteiger partial charge in [-0.25, -0.2) is 9.59 Å². The third kappa shape index (κ3) is 26.4. The van der Waals surface area contributed by atoms with E-state index in [1.807, 2.05) is 12.2 Å². The number of hydrogen-bond acceptors (Lipinski definition) is 8. The summed E-state index contributed by atoms with van der Waals surface area (Å²) in [4.78, 5) is 47.9. The molecule has 10 heteroatoms. The molecule has 0 aromatic rings. The fraction of sp³-hybridized carbons (Fsp3) is 0.500. The van der Waals surface area contributed by atoms with Crippen molar-refractivity contribution in [3.63, 3.8) is 0 Å². The van der Waals surface area contributed by atoms with Gasteiger partial charge in [-0.15, -0.1) is 0 Å². The van der Waals surface area contributed by atoms with Gasteiger partial charge in [0.1, 0.15) is 12.1 Å². The Balaban J connectivity index is 4.18. The molecule has 4 N–H and O–H groups in total. The number of carbonyl (C=O) groups is 4. The van der Waals surface area contributed by atoms with Crippen molar-refractivity contribution in [1.82, 2.24) is 10.6 Å². The predicted octanol–water partition coefficient (Wildman–Crippen LogP) is 4.86. The quantitative estimate of drug-likeness (QED) is 0.0452. The molecule has 0 bridgehead atoms. The molecule has 0 rings (SSSR count). The van der Waals surface area contributed by atoms with Gasteiger partial charge in [-0.2, -0.15) is 0 Å². The molecule has 46 heavy (non-hydrogen) atoms. The van der Waals surface area contributed by atoms with Crippen LogP contribution in [0.3, 0.4) is 0 Å². The number of carbonyl (C=O) groups excluding carboxylic acids is 4. The molecule has 0 aliphatic rings. The number of methoxy groups -OCH3 is 1. The van der Waals surface area contributed by atoms with Crippen LogP contribution in [0.5, 0.6) is 0 Å². The van der Waals surface area contributed by atoms with Gasteiger partial charge < -0.3 is 30.3 Å². The van der Waals surface area contributed by atoms with Crippen LogP contribution in [0.15, 0.2) is 85.1 Å². The highest BCUT2D eigenvalue weighted by atomic mass is 16.6. The lowest BCUT2D eigenvalue weighted by molar-refractivity contribution is -0.157. The molecular formula is C36H54N2O8. The number of ether oxygens (including phenoxy) is 2. The first-order valence-corrected chi connectivity index (χ1v) is 16.0. The van der Waals surface area contributed by atoms with Crippen LogP contribution in [0.25, 0.3) is 0 Å². The smallest absolute Gasteiger partial charge is 0.330 e. The number of amides is 2. The van der Waals surface area contributed by atoms with Crippen LogP contribution in [0, 0.1) is 0 Å². The Morgan fingerprint density at radius 1 is 0.717 bits per heavy atom. The lowest BCUT2D eigenvalue weighted by Crippen LogP contribution is -2.43. The third-order valence-electron chi connectivity index (χ3n) is 6.24. The average Bonchev–Trinajstić information content (AvgIpc) is 3.06.